The molecule has 1 N–H and O–H groups in total. The average Bonchev–Trinajstić information content (AvgIpc) is 2.78. The zero-order valence-corrected chi connectivity index (χ0v) is 20.0. The van der Waals surface area contributed by atoms with Crippen LogP contribution < -0.4 is 9.62 Å². The molecule has 0 aromatic heterocycles. The molecule has 8 heteroatoms. The smallest absolute Gasteiger partial charge is 0.255 e. The van der Waals surface area contributed by atoms with Gasteiger partial charge in [0.15, 0.2) is 0 Å². The van der Waals surface area contributed by atoms with Crippen LogP contribution in [0.25, 0.3) is 10.8 Å². The summed E-state index contributed by atoms with van der Waals surface area (Å²) in [6.45, 7) is -0.0289. The second-order valence-electron chi connectivity index (χ2n) is 7.50. The zero-order chi connectivity index (χ0) is 23.6. The van der Waals surface area contributed by atoms with Crippen LogP contribution in [0.4, 0.5) is 11.4 Å². The Labute approximate surface area is 202 Å². The molecule has 0 saturated heterocycles. The number of hydrogen-bond acceptors (Lipinski definition) is 3. The molecule has 0 atom stereocenters. The summed E-state index contributed by atoms with van der Waals surface area (Å²) in [5, 5.41) is 5.64. The Morgan fingerprint density at radius 3 is 2.12 bits per heavy atom. The monoisotopic (exact) mass is 498 g/mol. The minimum absolute atomic E-state index is 0.0289. The second kappa shape index (κ2) is 9.43. The number of nitrogens with zero attached hydrogens (tertiary/aromatic N) is 1. The number of halogens is 2. The Hall–Kier alpha value is -3.06. The molecule has 168 valence electrons. The van der Waals surface area contributed by atoms with Crippen molar-refractivity contribution in [1.82, 2.24) is 0 Å². The maximum atomic E-state index is 12.8. The van der Waals surface area contributed by atoms with Crippen molar-refractivity contribution in [2.45, 2.75) is 6.54 Å². The van der Waals surface area contributed by atoms with Gasteiger partial charge in [-0.15, -0.1) is 0 Å². The highest BCUT2D eigenvalue weighted by Gasteiger charge is 2.21. The average molecular weight is 499 g/mol. The molecule has 0 bridgehead atoms. The lowest BCUT2D eigenvalue weighted by Crippen LogP contribution is -2.29. The van der Waals surface area contributed by atoms with E-state index in [0.29, 0.717) is 32.5 Å². The first-order chi connectivity index (χ1) is 15.7. The van der Waals surface area contributed by atoms with Gasteiger partial charge < -0.3 is 5.32 Å². The molecule has 0 unspecified atom stereocenters. The SMILES string of the molecule is CS(=O)(=O)N(Cc1c(Cl)cccc1Cl)c1ccc(C(=O)Nc2cccc3ccccc23)cc1. The molecule has 1 amide bonds. The number of amides is 1. The molecule has 0 aliphatic heterocycles. The van der Waals surface area contributed by atoms with Crippen LogP contribution in [-0.2, 0) is 16.6 Å². The van der Waals surface area contributed by atoms with Crippen LogP contribution in [0.15, 0.2) is 84.9 Å². The first-order valence-electron chi connectivity index (χ1n) is 10.0. The number of carbonyl (C=O) groups excluding carboxylic acids is 1. The number of carbonyl (C=O) groups is 1. The van der Waals surface area contributed by atoms with Crippen LogP contribution in [0.3, 0.4) is 0 Å². The Bertz CT molecular complexity index is 1410. The molecule has 0 spiro atoms. The largest absolute Gasteiger partial charge is 0.321 e. The van der Waals surface area contributed by atoms with Crippen LogP contribution in [-0.4, -0.2) is 20.6 Å². The van der Waals surface area contributed by atoms with Crippen LogP contribution in [0.5, 0.6) is 0 Å². The fraction of sp³-hybridized carbons (Fsp3) is 0.0800. The van der Waals surface area contributed by atoms with E-state index < -0.39 is 10.0 Å². The molecule has 4 rings (SSSR count). The van der Waals surface area contributed by atoms with Crippen molar-refractivity contribution >= 4 is 61.3 Å². The highest BCUT2D eigenvalue weighted by molar-refractivity contribution is 7.92. The molecule has 4 aromatic rings. The van der Waals surface area contributed by atoms with Gasteiger partial charge in [-0.2, -0.15) is 0 Å². The number of anilines is 2. The van der Waals surface area contributed by atoms with E-state index in [9.17, 15) is 13.2 Å². The summed E-state index contributed by atoms with van der Waals surface area (Å²) in [4.78, 5) is 12.8. The molecule has 0 saturated carbocycles. The van der Waals surface area contributed by atoms with Crippen molar-refractivity contribution < 1.29 is 13.2 Å². The molecule has 5 nitrogen and oxygen atoms in total. The third-order valence-corrected chi connectivity index (χ3v) is 7.07. The number of benzene rings is 4. The summed E-state index contributed by atoms with van der Waals surface area (Å²) in [7, 11) is -3.64. The number of nitrogens with one attached hydrogen (secondary N) is 1. The lowest BCUT2D eigenvalue weighted by Gasteiger charge is -2.23. The fourth-order valence-electron chi connectivity index (χ4n) is 3.53. The van der Waals surface area contributed by atoms with E-state index in [1.807, 2.05) is 42.5 Å². The van der Waals surface area contributed by atoms with E-state index in [0.717, 1.165) is 17.0 Å². The highest BCUT2D eigenvalue weighted by atomic mass is 35.5. The summed E-state index contributed by atoms with van der Waals surface area (Å²) < 4.78 is 26.2. The van der Waals surface area contributed by atoms with Gasteiger partial charge in [0.05, 0.1) is 18.5 Å². The predicted molar refractivity (Wildman–Crippen MR) is 136 cm³/mol. The maximum absolute atomic E-state index is 12.8. The van der Waals surface area contributed by atoms with Gasteiger partial charge in [-0.3, -0.25) is 9.10 Å². The van der Waals surface area contributed by atoms with Crippen molar-refractivity contribution in [2.75, 3.05) is 15.9 Å². The van der Waals surface area contributed by atoms with Crippen molar-refractivity contribution in [3.05, 3.63) is 106 Å². The molecule has 0 heterocycles. The van der Waals surface area contributed by atoms with Gasteiger partial charge in [0, 0.05) is 32.2 Å². The minimum Gasteiger partial charge on any atom is -0.321 e. The Morgan fingerprint density at radius 1 is 0.848 bits per heavy atom. The number of sulfonamides is 1. The maximum Gasteiger partial charge on any atom is 0.255 e. The third kappa shape index (κ3) is 5.14. The van der Waals surface area contributed by atoms with E-state index in [1.54, 1.807) is 42.5 Å². The molecule has 0 fully saturated rings. The van der Waals surface area contributed by atoms with Crippen LogP contribution in [0, 0.1) is 0 Å². The summed E-state index contributed by atoms with van der Waals surface area (Å²) >= 11 is 12.5. The van der Waals surface area contributed by atoms with Crippen molar-refractivity contribution in [3.63, 3.8) is 0 Å². The molecule has 0 aliphatic carbocycles. The quantitative estimate of drug-likeness (QED) is 0.336. The minimum atomic E-state index is -3.64. The van der Waals surface area contributed by atoms with E-state index in [-0.39, 0.29) is 12.5 Å². The molecular weight excluding hydrogens is 479 g/mol. The topological polar surface area (TPSA) is 66.5 Å². The van der Waals surface area contributed by atoms with E-state index in [4.69, 9.17) is 23.2 Å². The van der Waals surface area contributed by atoms with E-state index in [1.165, 1.54) is 4.31 Å². The van der Waals surface area contributed by atoms with Gasteiger partial charge in [-0.05, 0) is 47.9 Å². The molecule has 0 radical (unpaired) electrons. The predicted octanol–water partition coefficient (Wildman–Crippen LogP) is 6.37. The van der Waals surface area contributed by atoms with Crippen molar-refractivity contribution in [1.29, 1.82) is 0 Å². The van der Waals surface area contributed by atoms with Gasteiger partial charge in [0.1, 0.15) is 0 Å². The zero-order valence-electron chi connectivity index (χ0n) is 17.6. The molecule has 4 aromatic carbocycles. The van der Waals surface area contributed by atoms with E-state index in [2.05, 4.69) is 5.32 Å². The summed E-state index contributed by atoms with van der Waals surface area (Å²) in [5.41, 5.74) is 2.00. The van der Waals surface area contributed by atoms with Gasteiger partial charge >= 0.3 is 0 Å². The third-order valence-electron chi connectivity index (χ3n) is 5.22. The summed E-state index contributed by atoms with van der Waals surface area (Å²) in [6, 6.07) is 24.8. The van der Waals surface area contributed by atoms with Gasteiger partial charge in [-0.1, -0.05) is 65.7 Å². The van der Waals surface area contributed by atoms with Crippen LogP contribution >= 0.6 is 23.2 Å². The highest BCUT2D eigenvalue weighted by Crippen LogP contribution is 2.30. The van der Waals surface area contributed by atoms with Gasteiger partial charge in [0.2, 0.25) is 10.0 Å². The molecule has 33 heavy (non-hydrogen) atoms. The fourth-order valence-corrected chi connectivity index (χ4v) is 4.92. The van der Waals surface area contributed by atoms with Gasteiger partial charge in [0.25, 0.3) is 5.91 Å². The molecule has 0 aliphatic rings. The normalized spacial score (nSPS) is 11.4. The Balaban J connectivity index is 1.59. The Morgan fingerprint density at radius 2 is 1.45 bits per heavy atom. The standard InChI is InChI=1S/C25H20Cl2N2O3S/c1-33(31,32)29(16-21-22(26)9-5-10-23(21)27)19-14-12-18(13-15-19)25(30)28-24-11-4-7-17-6-2-3-8-20(17)24/h2-15H,16H2,1H3,(H,28,30). The second-order valence-corrected chi connectivity index (χ2v) is 10.2. The number of rotatable bonds is 6. The molecular formula is C25H20Cl2N2O3S. The lowest BCUT2D eigenvalue weighted by atomic mass is 10.1. The summed E-state index contributed by atoms with van der Waals surface area (Å²) in [6.07, 6.45) is 1.11. The number of hydrogen-bond donors (Lipinski definition) is 1. The first-order valence-corrected chi connectivity index (χ1v) is 12.6. The Kier molecular flexibility index (Phi) is 6.61. The van der Waals surface area contributed by atoms with Crippen LogP contribution in [0.2, 0.25) is 10.0 Å². The lowest BCUT2D eigenvalue weighted by molar-refractivity contribution is 0.102. The first kappa shape index (κ1) is 23.1. The van der Waals surface area contributed by atoms with Gasteiger partial charge in [-0.25, -0.2) is 8.42 Å². The van der Waals surface area contributed by atoms with Crippen LogP contribution in [0.1, 0.15) is 15.9 Å². The van der Waals surface area contributed by atoms with Crippen molar-refractivity contribution in [2.24, 2.45) is 0 Å². The number of fused-ring (bicyclic) bond motifs is 1. The summed E-state index contributed by atoms with van der Waals surface area (Å²) in [5.74, 6) is -0.294. The van der Waals surface area contributed by atoms with Crippen molar-refractivity contribution in [3.8, 4) is 0 Å². The van der Waals surface area contributed by atoms with E-state index >= 15 is 0 Å².